The molecule has 1 saturated heterocycles. The zero-order valence-electron chi connectivity index (χ0n) is 14.1. The van der Waals surface area contributed by atoms with Crippen LogP contribution >= 0.6 is 11.3 Å². The summed E-state index contributed by atoms with van der Waals surface area (Å²) < 4.78 is 27.5. The van der Waals surface area contributed by atoms with Crippen molar-refractivity contribution >= 4 is 32.4 Å². The van der Waals surface area contributed by atoms with Crippen molar-refractivity contribution in [1.82, 2.24) is 14.5 Å². The highest BCUT2D eigenvalue weighted by Crippen LogP contribution is 2.26. The molecule has 1 aliphatic heterocycles. The van der Waals surface area contributed by atoms with Crippen molar-refractivity contribution < 1.29 is 13.2 Å². The molecule has 1 aromatic heterocycles. The summed E-state index contributed by atoms with van der Waals surface area (Å²) >= 11 is 1.20. The molecule has 0 radical (unpaired) electrons. The number of piperidine rings is 1. The van der Waals surface area contributed by atoms with Gasteiger partial charge in [0.05, 0.1) is 4.90 Å². The van der Waals surface area contributed by atoms with E-state index in [1.807, 2.05) is 6.92 Å². The summed E-state index contributed by atoms with van der Waals surface area (Å²) in [7, 11) is -3.62. The minimum absolute atomic E-state index is 0.0290. The first-order valence-electron chi connectivity index (χ1n) is 8.09. The van der Waals surface area contributed by atoms with Gasteiger partial charge in [-0.2, -0.15) is 4.31 Å². The van der Waals surface area contributed by atoms with Crippen LogP contribution in [0, 0.1) is 6.92 Å². The number of benzene rings is 1. The molecule has 1 aliphatic rings. The molecule has 1 amide bonds. The highest BCUT2D eigenvalue weighted by atomic mass is 32.2. The third kappa shape index (κ3) is 3.73. The van der Waals surface area contributed by atoms with Crippen molar-refractivity contribution in [1.29, 1.82) is 0 Å². The number of hydrogen-bond donors (Lipinski definition) is 1. The molecule has 0 bridgehead atoms. The van der Waals surface area contributed by atoms with Crippen LogP contribution in [0.5, 0.6) is 0 Å². The number of hydrogen-bond acceptors (Lipinski definition) is 6. The fourth-order valence-corrected chi connectivity index (χ4v) is 5.13. The number of carbonyl (C=O) groups is 1. The van der Waals surface area contributed by atoms with Crippen LogP contribution in [0.2, 0.25) is 0 Å². The lowest BCUT2D eigenvalue weighted by Gasteiger charge is -2.32. The van der Waals surface area contributed by atoms with E-state index in [9.17, 15) is 13.2 Å². The van der Waals surface area contributed by atoms with E-state index in [0.717, 1.165) is 19.3 Å². The van der Waals surface area contributed by atoms with Crippen LogP contribution in [0.1, 0.15) is 42.1 Å². The second-order valence-corrected chi connectivity index (χ2v) is 8.86. The molecule has 1 atom stereocenters. The van der Waals surface area contributed by atoms with Gasteiger partial charge in [0.1, 0.15) is 5.51 Å². The zero-order chi connectivity index (χ0) is 18.0. The Labute approximate surface area is 151 Å². The number of rotatable bonds is 4. The molecule has 3 rings (SSSR count). The fraction of sp³-hybridized carbons (Fsp3) is 0.438. The number of anilines is 1. The Bertz CT molecular complexity index is 866. The van der Waals surface area contributed by atoms with Gasteiger partial charge in [-0.25, -0.2) is 8.42 Å². The second kappa shape index (κ2) is 7.19. The highest BCUT2D eigenvalue weighted by Gasteiger charge is 2.31. The van der Waals surface area contributed by atoms with Crippen molar-refractivity contribution in [2.75, 3.05) is 11.9 Å². The molecule has 134 valence electrons. The van der Waals surface area contributed by atoms with E-state index in [0.29, 0.717) is 22.8 Å². The lowest BCUT2D eigenvalue weighted by Crippen LogP contribution is -2.42. The Morgan fingerprint density at radius 3 is 2.84 bits per heavy atom. The number of amides is 1. The van der Waals surface area contributed by atoms with E-state index in [2.05, 4.69) is 15.5 Å². The number of nitrogens with zero attached hydrogens (tertiary/aromatic N) is 3. The molecule has 2 aromatic rings. The van der Waals surface area contributed by atoms with E-state index in [-0.39, 0.29) is 10.9 Å². The molecular weight excluding hydrogens is 360 g/mol. The maximum absolute atomic E-state index is 13.0. The Kier molecular flexibility index (Phi) is 5.16. The van der Waals surface area contributed by atoms with Gasteiger partial charge in [0.15, 0.2) is 0 Å². The van der Waals surface area contributed by atoms with Crippen molar-refractivity contribution in [3.63, 3.8) is 0 Å². The van der Waals surface area contributed by atoms with Crippen molar-refractivity contribution in [2.45, 2.75) is 44.0 Å². The molecule has 7 nitrogen and oxygen atoms in total. The van der Waals surface area contributed by atoms with Gasteiger partial charge in [0.2, 0.25) is 15.2 Å². The maximum atomic E-state index is 13.0. The van der Waals surface area contributed by atoms with Crippen LogP contribution in [-0.4, -0.2) is 41.4 Å². The standard InChI is InChI=1S/C16H20N4O3S2/c1-11-6-7-13(25(22,23)20-8-4-3-5-12(20)2)9-14(11)15(21)18-16-19-17-10-24-16/h6-7,9-10,12H,3-5,8H2,1-2H3,(H,18,19,21). The predicted molar refractivity (Wildman–Crippen MR) is 96.2 cm³/mol. The molecule has 9 heteroatoms. The number of aryl methyl sites for hydroxylation is 1. The van der Waals surface area contributed by atoms with Crippen LogP contribution in [0.25, 0.3) is 0 Å². The Morgan fingerprint density at radius 1 is 1.36 bits per heavy atom. The van der Waals surface area contributed by atoms with Gasteiger partial charge in [-0.1, -0.05) is 23.8 Å². The lowest BCUT2D eigenvalue weighted by atomic mass is 10.1. The van der Waals surface area contributed by atoms with Crippen LogP contribution in [0.4, 0.5) is 5.13 Å². The summed E-state index contributed by atoms with van der Waals surface area (Å²) in [4.78, 5) is 12.6. The van der Waals surface area contributed by atoms with Crippen molar-refractivity contribution in [2.24, 2.45) is 0 Å². The quantitative estimate of drug-likeness (QED) is 0.880. The Balaban J connectivity index is 1.91. The van der Waals surface area contributed by atoms with Crippen LogP contribution in [-0.2, 0) is 10.0 Å². The zero-order valence-corrected chi connectivity index (χ0v) is 15.7. The Morgan fingerprint density at radius 2 is 2.16 bits per heavy atom. The van der Waals surface area contributed by atoms with Crippen LogP contribution < -0.4 is 5.32 Å². The normalized spacial score (nSPS) is 18.9. The van der Waals surface area contributed by atoms with E-state index in [1.54, 1.807) is 19.1 Å². The predicted octanol–water partition coefficient (Wildman–Crippen LogP) is 2.66. The van der Waals surface area contributed by atoms with Gasteiger partial charge in [-0.15, -0.1) is 10.2 Å². The van der Waals surface area contributed by atoms with Gasteiger partial charge >= 0.3 is 0 Å². The summed E-state index contributed by atoms with van der Waals surface area (Å²) in [5, 5.41) is 10.5. The average Bonchev–Trinajstić information content (AvgIpc) is 3.08. The number of carbonyl (C=O) groups excluding carboxylic acids is 1. The largest absolute Gasteiger partial charge is 0.296 e. The van der Waals surface area contributed by atoms with E-state index >= 15 is 0 Å². The van der Waals surface area contributed by atoms with E-state index in [4.69, 9.17) is 0 Å². The maximum Gasteiger partial charge on any atom is 0.257 e. The molecule has 1 aromatic carbocycles. The van der Waals surface area contributed by atoms with Gasteiger partial charge in [0.25, 0.3) is 5.91 Å². The number of nitrogens with one attached hydrogen (secondary N) is 1. The molecule has 25 heavy (non-hydrogen) atoms. The Hall–Kier alpha value is -1.84. The first-order chi connectivity index (χ1) is 11.9. The molecule has 0 saturated carbocycles. The molecule has 1 N–H and O–H groups in total. The van der Waals surface area contributed by atoms with Gasteiger partial charge in [-0.05, 0) is 44.4 Å². The number of sulfonamides is 1. The SMILES string of the molecule is Cc1ccc(S(=O)(=O)N2CCCCC2C)cc1C(=O)Nc1nncs1. The van der Waals surface area contributed by atoms with Gasteiger partial charge in [0, 0.05) is 18.2 Å². The summed E-state index contributed by atoms with van der Waals surface area (Å²) in [6, 6.07) is 4.64. The third-order valence-electron chi connectivity index (χ3n) is 4.38. The van der Waals surface area contributed by atoms with Crippen molar-refractivity contribution in [3.05, 3.63) is 34.8 Å². The van der Waals surface area contributed by atoms with E-state index < -0.39 is 15.9 Å². The van der Waals surface area contributed by atoms with Crippen LogP contribution in [0.15, 0.2) is 28.6 Å². The third-order valence-corrected chi connectivity index (χ3v) is 7.00. The first-order valence-corrected chi connectivity index (χ1v) is 10.4. The van der Waals surface area contributed by atoms with Crippen LogP contribution in [0.3, 0.4) is 0 Å². The van der Waals surface area contributed by atoms with Gasteiger partial charge < -0.3 is 0 Å². The smallest absolute Gasteiger partial charge is 0.257 e. The van der Waals surface area contributed by atoms with Crippen molar-refractivity contribution in [3.8, 4) is 0 Å². The molecular formula is C16H20N4O3S2. The topological polar surface area (TPSA) is 92.3 Å². The monoisotopic (exact) mass is 380 g/mol. The molecule has 1 unspecified atom stereocenters. The average molecular weight is 380 g/mol. The fourth-order valence-electron chi connectivity index (χ4n) is 2.96. The first kappa shape index (κ1) is 18.0. The molecule has 2 heterocycles. The molecule has 1 fully saturated rings. The molecule has 0 aliphatic carbocycles. The minimum Gasteiger partial charge on any atom is -0.296 e. The van der Waals surface area contributed by atoms with E-state index in [1.165, 1.54) is 27.2 Å². The minimum atomic E-state index is -3.62. The lowest BCUT2D eigenvalue weighted by molar-refractivity contribution is 0.102. The van der Waals surface area contributed by atoms with Gasteiger partial charge in [-0.3, -0.25) is 10.1 Å². The number of aromatic nitrogens is 2. The highest BCUT2D eigenvalue weighted by molar-refractivity contribution is 7.89. The second-order valence-electron chi connectivity index (χ2n) is 6.14. The summed E-state index contributed by atoms with van der Waals surface area (Å²) in [6.07, 6.45) is 2.76. The summed E-state index contributed by atoms with van der Waals surface area (Å²) in [5.41, 5.74) is 2.54. The summed E-state index contributed by atoms with van der Waals surface area (Å²) in [6.45, 7) is 4.21. The molecule has 0 spiro atoms. The summed E-state index contributed by atoms with van der Waals surface area (Å²) in [5.74, 6) is -0.391.